The largest absolute Gasteiger partial charge is 0.375 e. The molecule has 0 saturated carbocycles. The molecule has 3 rings (SSSR count). The molecule has 0 bridgehead atoms. The van der Waals surface area contributed by atoms with Crippen LogP contribution in [-0.2, 0) is 6.42 Å². The summed E-state index contributed by atoms with van der Waals surface area (Å²) in [5.41, 5.74) is 2.93. The minimum atomic E-state index is 1.06. The maximum atomic E-state index is 3.54. The minimum absolute atomic E-state index is 1.06. The maximum absolute atomic E-state index is 3.54. The van der Waals surface area contributed by atoms with Crippen molar-refractivity contribution in [3.8, 4) is 0 Å². The second-order valence-corrected chi connectivity index (χ2v) is 4.60. The molecular weight excluding hydrogens is 196 g/mol. The molecule has 2 nitrogen and oxygen atoms in total. The number of hydrogen-bond acceptors (Lipinski definition) is 1. The van der Waals surface area contributed by atoms with Crippen LogP contribution in [0.3, 0.4) is 0 Å². The zero-order valence-corrected chi connectivity index (χ0v) is 9.79. The molecule has 0 aromatic carbocycles. The lowest BCUT2D eigenvalue weighted by Crippen LogP contribution is -2.31. The minimum Gasteiger partial charge on any atom is -0.375 e. The number of nitrogens with zero attached hydrogens (tertiary/aromatic N) is 1. The zero-order valence-electron chi connectivity index (χ0n) is 9.79. The summed E-state index contributed by atoms with van der Waals surface area (Å²) in [5, 5.41) is 2.65. The second kappa shape index (κ2) is 3.85. The van der Waals surface area contributed by atoms with Crippen LogP contribution in [0.4, 0.5) is 0 Å². The van der Waals surface area contributed by atoms with Crippen molar-refractivity contribution >= 4 is 18.4 Å². The molecule has 84 valence electrons. The Morgan fingerprint density at radius 2 is 2.31 bits per heavy atom. The molecule has 2 heteroatoms. The lowest BCUT2D eigenvalue weighted by atomic mass is 10.0. The highest BCUT2D eigenvalue weighted by atomic mass is 15.1. The monoisotopic (exact) mass is 214 g/mol. The Kier molecular flexibility index (Phi) is 2.35. The second-order valence-electron chi connectivity index (χ2n) is 4.60. The number of aromatic nitrogens is 1. The maximum Gasteiger partial charge on any atom is 0.0585 e. The summed E-state index contributed by atoms with van der Waals surface area (Å²) < 4.78 is 0. The van der Waals surface area contributed by atoms with Crippen molar-refractivity contribution < 1.29 is 0 Å². The predicted octanol–water partition coefficient (Wildman–Crippen LogP) is 1.22. The van der Waals surface area contributed by atoms with E-state index >= 15 is 0 Å². The standard InChI is InChI=1S/C14H18N2/c1-2-8-16-9-7-12-11-5-3-4-6-13(11)15-14(12)10-16/h3,5-6,10,15H,2,4,7-9H2,1H3. The number of rotatable bonds is 2. The molecule has 1 aromatic heterocycles. The molecule has 1 aliphatic carbocycles. The van der Waals surface area contributed by atoms with Gasteiger partial charge in [-0.15, -0.1) is 0 Å². The van der Waals surface area contributed by atoms with Gasteiger partial charge in [-0.25, -0.2) is 0 Å². The Balaban J connectivity index is 2.10. The number of fused-ring (bicyclic) bond motifs is 3. The average Bonchev–Trinajstić information content (AvgIpc) is 2.67. The van der Waals surface area contributed by atoms with Crippen LogP contribution < -0.4 is 10.7 Å². The molecule has 0 radical (unpaired) electrons. The van der Waals surface area contributed by atoms with Crippen molar-refractivity contribution in [2.24, 2.45) is 0 Å². The van der Waals surface area contributed by atoms with Gasteiger partial charge in [-0.3, -0.25) is 0 Å². The van der Waals surface area contributed by atoms with Crippen LogP contribution in [0, 0.1) is 0 Å². The van der Waals surface area contributed by atoms with E-state index in [0.717, 1.165) is 6.42 Å². The molecule has 0 unspecified atom stereocenters. The number of nitrogens with one attached hydrogen (secondary N) is 1. The average molecular weight is 214 g/mol. The van der Waals surface area contributed by atoms with Crippen LogP contribution in [0.25, 0.3) is 18.4 Å². The van der Waals surface area contributed by atoms with Gasteiger partial charge >= 0.3 is 0 Å². The summed E-state index contributed by atoms with van der Waals surface area (Å²) in [6.07, 6.45) is 12.6. The fraction of sp³-hybridized carbons (Fsp3) is 0.429. The lowest BCUT2D eigenvalue weighted by molar-refractivity contribution is 0.404. The molecule has 0 fully saturated rings. The van der Waals surface area contributed by atoms with Crippen molar-refractivity contribution in [3.05, 3.63) is 27.9 Å². The van der Waals surface area contributed by atoms with E-state index in [1.54, 1.807) is 0 Å². The first-order valence-corrected chi connectivity index (χ1v) is 6.22. The molecule has 2 aliphatic rings. The first-order valence-electron chi connectivity index (χ1n) is 6.22. The molecule has 0 atom stereocenters. The number of allylic oxidation sites excluding steroid dienone is 1. The molecule has 0 spiro atoms. The highest BCUT2D eigenvalue weighted by Crippen LogP contribution is 2.11. The van der Waals surface area contributed by atoms with E-state index < -0.39 is 0 Å². The third-order valence-corrected chi connectivity index (χ3v) is 3.42. The van der Waals surface area contributed by atoms with E-state index in [-0.39, 0.29) is 0 Å². The van der Waals surface area contributed by atoms with Crippen molar-refractivity contribution in [3.63, 3.8) is 0 Å². The van der Waals surface area contributed by atoms with Gasteiger partial charge in [0.05, 0.1) is 5.35 Å². The Hall–Kier alpha value is -1.44. The summed E-state index contributed by atoms with van der Waals surface area (Å²) in [7, 11) is 0. The first kappa shape index (κ1) is 9.76. The van der Waals surface area contributed by atoms with E-state index in [2.05, 4.69) is 41.2 Å². The molecule has 0 saturated heterocycles. The molecule has 1 N–H and O–H groups in total. The van der Waals surface area contributed by atoms with Crippen LogP contribution in [0.2, 0.25) is 0 Å². The topological polar surface area (TPSA) is 19.0 Å². The SMILES string of the molecule is CCCN1C=c2[nH]c3c(c2CC1)C=CCC=3. The van der Waals surface area contributed by atoms with Gasteiger partial charge in [0.25, 0.3) is 0 Å². The van der Waals surface area contributed by atoms with Crippen molar-refractivity contribution in [2.75, 3.05) is 13.1 Å². The summed E-state index contributed by atoms with van der Waals surface area (Å²) in [6.45, 7) is 4.57. The number of aromatic amines is 1. The van der Waals surface area contributed by atoms with E-state index in [1.165, 1.54) is 47.8 Å². The van der Waals surface area contributed by atoms with Crippen molar-refractivity contribution in [2.45, 2.75) is 26.2 Å². The molecule has 2 heterocycles. The lowest BCUT2D eigenvalue weighted by Gasteiger charge is -2.22. The van der Waals surface area contributed by atoms with Gasteiger partial charge in [0.2, 0.25) is 0 Å². The van der Waals surface area contributed by atoms with E-state index in [1.807, 2.05) is 0 Å². The Labute approximate surface area is 96.0 Å². The smallest absolute Gasteiger partial charge is 0.0585 e. The van der Waals surface area contributed by atoms with Gasteiger partial charge in [-0.1, -0.05) is 25.2 Å². The Morgan fingerprint density at radius 1 is 1.38 bits per heavy atom. The molecule has 1 aromatic rings. The molecule has 16 heavy (non-hydrogen) atoms. The molecule has 0 amide bonds. The van der Waals surface area contributed by atoms with Gasteiger partial charge in [-0.2, -0.15) is 0 Å². The van der Waals surface area contributed by atoms with Gasteiger partial charge < -0.3 is 9.88 Å². The summed E-state index contributed by atoms with van der Waals surface area (Å²) in [4.78, 5) is 5.96. The summed E-state index contributed by atoms with van der Waals surface area (Å²) >= 11 is 0. The highest BCUT2D eigenvalue weighted by Gasteiger charge is 2.14. The van der Waals surface area contributed by atoms with Crippen molar-refractivity contribution in [1.29, 1.82) is 0 Å². The fourth-order valence-corrected chi connectivity index (χ4v) is 2.66. The predicted molar refractivity (Wildman–Crippen MR) is 68.2 cm³/mol. The zero-order chi connectivity index (χ0) is 11.0. The van der Waals surface area contributed by atoms with Crippen LogP contribution in [-0.4, -0.2) is 23.0 Å². The summed E-state index contributed by atoms with van der Waals surface area (Å²) in [5.74, 6) is 0. The Bertz CT molecular complexity index is 534. The van der Waals surface area contributed by atoms with Crippen molar-refractivity contribution in [1.82, 2.24) is 9.88 Å². The van der Waals surface area contributed by atoms with Crippen LogP contribution in [0.1, 0.15) is 30.9 Å². The number of H-pyrrole nitrogens is 1. The highest BCUT2D eigenvalue weighted by molar-refractivity contribution is 5.60. The number of hydrogen-bond donors (Lipinski definition) is 1. The third kappa shape index (κ3) is 1.49. The van der Waals surface area contributed by atoms with E-state index in [4.69, 9.17) is 0 Å². The van der Waals surface area contributed by atoms with Gasteiger partial charge in [0.15, 0.2) is 0 Å². The fourth-order valence-electron chi connectivity index (χ4n) is 2.66. The van der Waals surface area contributed by atoms with Crippen LogP contribution >= 0.6 is 0 Å². The van der Waals surface area contributed by atoms with Gasteiger partial charge in [-0.05, 0) is 24.8 Å². The summed E-state index contributed by atoms with van der Waals surface area (Å²) in [6, 6.07) is 0. The third-order valence-electron chi connectivity index (χ3n) is 3.42. The molecular formula is C14H18N2. The Morgan fingerprint density at radius 3 is 3.19 bits per heavy atom. The van der Waals surface area contributed by atoms with Crippen LogP contribution in [0.15, 0.2) is 6.08 Å². The first-order chi connectivity index (χ1) is 7.88. The van der Waals surface area contributed by atoms with E-state index in [0.29, 0.717) is 0 Å². The molecule has 1 aliphatic heterocycles. The van der Waals surface area contributed by atoms with Gasteiger partial charge in [0, 0.05) is 30.2 Å². The quantitative estimate of drug-likeness (QED) is 0.784. The van der Waals surface area contributed by atoms with Gasteiger partial charge in [0.1, 0.15) is 0 Å². The normalized spacial score (nSPS) is 17.4. The van der Waals surface area contributed by atoms with E-state index in [9.17, 15) is 0 Å². The van der Waals surface area contributed by atoms with Crippen LogP contribution in [0.5, 0.6) is 0 Å².